The van der Waals surface area contributed by atoms with E-state index in [-0.39, 0.29) is 28.7 Å². The van der Waals surface area contributed by atoms with Crippen molar-refractivity contribution >= 4 is 44.0 Å². The van der Waals surface area contributed by atoms with Gasteiger partial charge in [0.25, 0.3) is 5.91 Å². The van der Waals surface area contributed by atoms with E-state index in [4.69, 9.17) is 0 Å². The SMILES string of the molecule is CCN(CCCNC(=O)c1ccc(NC2=N[C@@H]3CS(=O)(=O)C[C@@H]3S2)cc1)c1ccccc1. The molecule has 0 unspecified atom stereocenters. The lowest BCUT2D eigenvalue weighted by Crippen LogP contribution is -2.29. The Balaban J connectivity index is 1.22. The summed E-state index contributed by atoms with van der Waals surface area (Å²) in [6, 6.07) is 17.4. The standard InChI is InChI=1S/C23H28N4O3S2/c1-2-27(19-7-4-3-5-8-19)14-6-13-24-22(28)17-9-11-18(12-10-17)25-23-26-20-15-32(29,30)16-21(20)31-23/h3-5,7-12,20-21H,2,6,13-16H2,1H3,(H,24,28)(H,25,26)/t20-,21+/m1/s1. The molecule has 0 spiro atoms. The van der Waals surface area contributed by atoms with Crippen LogP contribution in [0.15, 0.2) is 59.6 Å². The van der Waals surface area contributed by atoms with Gasteiger partial charge in [-0.2, -0.15) is 0 Å². The van der Waals surface area contributed by atoms with Crippen LogP contribution < -0.4 is 15.5 Å². The van der Waals surface area contributed by atoms with Crippen LogP contribution in [0.5, 0.6) is 0 Å². The summed E-state index contributed by atoms with van der Waals surface area (Å²) in [5.74, 6) is 0.236. The van der Waals surface area contributed by atoms with Gasteiger partial charge in [-0.25, -0.2) is 8.42 Å². The van der Waals surface area contributed by atoms with E-state index in [1.807, 2.05) is 30.3 Å². The van der Waals surface area contributed by atoms with Crippen LogP contribution in [0.1, 0.15) is 23.7 Å². The van der Waals surface area contributed by atoms with Gasteiger partial charge in [0.1, 0.15) is 0 Å². The van der Waals surface area contributed by atoms with Crippen LogP contribution >= 0.6 is 11.8 Å². The largest absolute Gasteiger partial charge is 0.372 e. The average Bonchev–Trinajstić information content (AvgIpc) is 3.27. The molecule has 0 bridgehead atoms. The van der Waals surface area contributed by atoms with Crippen molar-refractivity contribution in [2.24, 2.45) is 4.99 Å². The summed E-state index contributed by atoms with van der Waals surface area (Å²) >= 11 is 1.48. The minimum absolute atomic E-state index is 0.0121. The summed E-state index contributed by atoms with van der Waals surface area (Å²) in [4.78, 5) is 19.2. The molecule has 2 aromatic rings. The van der Waals surface area contributed by atoms with E-state index in [2.05, 4.69) is 39.6 Å². The average molecular weight is 473 g/mol. The fourth-order valence-corrected chi connectivity index (χ4v) is 7.60. The fourth-order valence-electron chi connectivity index (χ4n) is 3.93. The molecule has 0 aliphatic carbocycles. The number of nitrogens with zero attached hydrogens (tertiary/aromatic N) is 2. The van der Waals surface area contributed by atoms with Crippen molar-refractivity contribution < 1.29 is 13.2 Å². The molecule has 1 fully saturated rings. The molecule has 2 atom stereocenters. The molecule has 2 N–H and O–H groups in total. The Morgan fingerprint density at radius 1 is 1.12 bits per heavy atom. The van der Waals surface area contributed by atoms with Crippen LogP contribution in [-0.4, -0.2) is 61.9 Å². The van der Waals surface area contributed by atoms with Gasteiger partial charge in [0.15, 0.2) is 15.0 Å². The predicted octanol–water partition coefficient (Wildman–Crippen LogP) is 3.01. The molecule has 2 aromatic carbocycles. The lowest BCUT2D eigenvalue weighted by atomic mass is 10.2. The number of amides is 1. The highest BCUT2D eigenvalue weighted by Gasteiger charge is 2.42. The molecule has 32 heavy (non-hydrogen) atoms. The lowest BCUT2D eigenvalue weighted by Gasteiger charge is -2.23. The molecule has 2 aliphatic rings. The number of benzene rings is 2. The second-order valence-electron chi connectivity index (χ2n) is 7.96. The first-order chi connectivity index (χ1) is 15.4. The van der Waals surface area contributed by atoms with Crippen LogP contribution in [-0.2, 0) is 9.84 Å². The van der Waals surface area contributed by atoms with Gasteiger partial charge in [0, 0.05) is 41.8 Å². The number of aliphatic imine (C=N–C) groups is 1. The number of hydrogen-bond donors (Lipinski definition) is 2. The number of amidine groups is 1. The number of anilines is 2. The maximum absolute atomic E-state index is 12.4. The van der Waals surface area contributed by atoms with Crippen molar-refractivity contribution in [3.63, 3.8) is 0 Å². The van der Waals surface area contributed by atoms with Crippen LogP contribution in [0.2, 0.25) is 0 Å². The second kappa shape index (κ2) is 9.95. The highest BCUT2D eigenvalue weighted by Crippen LogP contribution is 2.34. The minimum Gasteiger partial charge on any atom is -0.372 e. The summed E-state index contributed by atoms with van der Waals surface area (Å²) in [5, 5.41) is 6.97. The molecular weight excluding hydrogens is 444 g/mol. The highest BCUT2D eigenvalue weighted by molar-refractivity contribution is 8.15. The summed E-state index contributed by atoms with van der Waals surface area (Å²) in [6.45, 7) is 4.55. The van der Waals surface area contributed by atoms with E-state index in [0.717, 1.165) is 30.4 Å². The van der Waals surface area contributed by atoms with E-state index < -0.39 is 9.84 Å². The number of para-hydroxylation sites is 1. The van der Waals surface area contributed by atoms with Crippen molar-refractivity contribution in [2.75, 3.05) is 41.4 Å². The third-order valence-corrected chi connectivity index (χ3v) is 8.75. The van der Waals surface area contributed by atoms with Crippen molar-refractivity contribution in [3.8, 4) is 0 Å². The Morgan fingerprint density at radius 3 is 2.56 bits per heavy atom. The van der Waals surface area contributed by atoms with Crippen molar-refractivity contribution in [3.05, 3.63) is 60.2 Å². The smallest absolute Gasteiger partial charge is 0.251 e. The minimum atomic E-state index is -2.95. The van der Waals surface area contributed by atoms with Gasteiger partial charge in [-0.15, -0.1) is 0 Å². The molecule has 0 saturated carbocycles. The molecule has 2 aliphatic heterocycles. The van der Waals surface area contributed by atoms with Crippen molar-refractivity contribution in [2.45, 2.75) is 24.6 Å². The molecule has 0 aromatic heterocycles. The number of carbonyl (C=O) groups excluding carboxylic acids is 1. The fraction of sp³-hybridized carbons (Fsp3) is 0.391. The third-order valence-electron chi connectivity index (χ3n) is 5.61. The molecule has 4 rings (SSSR count). The van der Waals surface area contributed by atoms with E-state index in [9.17, 15) is 13.2 Å². The summed E-state index contributed by atoms with van der Waals surface area (Å²) < 4.78 is 23.4. The van der Waals surface area contributed by atoms with Gasteiger partial charge >= 0.3 is 0 Å². The van der Waals surface area contributed by atoms with Crippen molar-refractivity contribution in [1.29, 1.82) is 0 Å². The van der Waals surface area contributed by atoms with Crippen LogP contribution in [0.25, 0.3) is 0 Å². The molecule has 1 saturated heterocycles. The molecular formula is C23H28N4O3S2. The van der Waals surface area contributed by atoms with E-state index in [1.165, 1.54) is 17.4 Å². The van der Waals surface area contributed by atoms with Crippen LogP contribution in [0.4, 0.5) is 11.4 Å². The number of hydrogen-bond acceptors (Lipinski definition) is 7. The topological polar surface area (TPSA) is 90.9 Å². The van der Waals surface area contributed by atoms with E-state index >= 15 is 0 Å². The monoisotopic (exact) mass is 472 g/mol. The van der Waals surface area contributed by atoms with E-state index in [0.29, 0.717) is 12.1 Å². The van der Waals surface area contributed by atoms with Crippen molar-refractivity contribution in [1.82, 2.24) is 5.32 Å². The number of carbonyl (C=O) groups is 1. The third kappa shape index (κ3) is 5.63. The van der Waals surface area contributed by atoms with Gasteiger partial charge in [-0.3, -0.25) is 9.79 Å². The Bertz CT molecular complexity index is 1070. The number of sulfone groups is 1. The molecule has 7 nitrogen and oxygen atoms in total. The Hall–Kier alpha value is -2.52. The summed E-state index contributed by atoms with van der Waals surface area (Å²) in [6.07, 6.45) is 0.864. The summed E-state index contributed by atoms with van der Waals surface area (Å²) in [5.41, 5.74) is 2.63. The maximum Gasteiger partial charge on any atom is 0.251 e. The molecule has 2 heterocycles. The van der Waals surface area contributed by atoms with Crippen LogP contribution in [0.3, 0.4) is 0 Å². The molecule has 9 heteroatoms. The van der Waals surface area contributed by atoms with Gasteiger partial charge in [0.05, 0.1) is 17.5 Å². The molecule has 1 amide bonds. The normalized spacial score (nSPS) is 21.0. The highest BCUT2D eigenvalue weighted by atomic mass is 32.2. The molecule has 170 valence electrons. The first-order valence-electron chi connectivity index (χ1n) is 10.8. The Morgan fingerprint density at radius 2 is 1.88 bits per heavy atom. The first-order valence-corrected chi connectivity index (χ1v) is 13.5. The predicted molar refractivity (Wildman–Crippen MR) is 133 cm³/mol. The van der Waals surface area contributed by atoms with Gasteiger partial charge < -0.3 is 15.5 Å². The number of nitrogens with one attached hydrogen (secondary N) is 2. The second-order valence-corrected chi connectivity index (χ2v) is 11.3. The van der Waals surface area contributed by atoms with Gasteiger partial charge in [-0.05, 0) is 49.7 Å². The number of thioether (sulfide) groups is 1. The Labute approximate surface area is 193 Å². The van der Waals surface area contributed by atoms with E-state index in [1.54, 1.807) is 12.1 Å². The van der Waals surface area contributed by atoms with Gasteiger partial charge in [-0.1, -0.05) is 30.0 Å². The quantitative estimate of drug-likeness (QED) is 0.574. The van der Waals surface area contributed by atoms with Crippen LogP contribution in [0, 0.1) is 0 Å². The zero-order valence-electron chi connectivity index (χ0n) is 18.0. The number of fused-ring (bicyclic) bond motifs is 1. The summed E-state index contributed by atoms with van der Waals surface area (Å²) in [7, 11) is -2.95. The zero-order chi connectivity index (χ0) is 22.6. The Kier molecular flexibility index (Phi) is 7.05. The molecule has 0 radical (unpaired) electrons. The maximum atomic E-state index is 12.4. The number of rotatable bonds is 8. The zero-order valence-corrected chi connectivity index (χ0v) is 19.7. The lowest BCUT2D eigenvalue weighted by molar-refractivity contribution is 0.0953. The first kappa shape index (κ1) is 22.7. The van der Waals surface area contributed by atoms with Gasteiger partial charge in [0.2, 0.25) is 0 Å².